The van der Waals surface area contributed by atoms with Gasteiger partial charge in [0.2, 0.25) is 0 Å². The number of aryl methyl sites for hydroxylation is 1. The summed E-state index contributed by atoms with van der Waals surface area (Å²) in [5.74, 6) is -0.398. The molecule has 6 heteroatoms. The van der Waals surface area contributed by atoms with Crippen molar-refractivity contribution in [2.24, 2.45) is 0 Å². The summed E-state index contributed by atoms with van der Waals surface area (Å²) < 4.78 is 5.94. The van der Waals surface area contributed by atoms with E-state index in [0.717, 1.165) is 23.2 Å². The molecule has 1 unspecified atom stereocenters. The van der Waals surface area contributed by atoms with Crippen LogP contribution in [0.5, 0.6) is 5.75 Å². The van der Waals surface area contributed by atoms with Crippen LogP contribution in [-0.4, -0.2) is 53.8 Å². The number of ketones is 1. The molecule has 39 heavy (non-hydrogen) atoms. The second-order valence-corrected chi connectivity index (χ2v) is 10.7. The normalized spacial score (nSPS) is 16.9. The first kappa shape index (κ1) is 28.1. The highest BCUT2D eigenvalue weighted by Crippen LogP contribution is 2.40. The van der Waals surface area contributed by atoms with E-state index in [1.54, 1.807) is 29.2 Å². The zero-order chi connectivity index (χ0) is 28.1. The van der Waals surface area contributed by atoms with E-state index in [4.69, 9.17) is 4.74 Å². The summed E-state index contributed by atoms with van der Waals surface area (Å²) in [5, 5.41) is 11.4. The van der Waals surface area contributed by atoms with Crippen molar-refractivity contribution < 1.29 is 19.4 Å². The van der Waals surface area contributed by atoms with Gasteiger partial charge in [-0.3, -0.25) is 9.59 Å². The van der Waals surface area contributed by atoms with Crippen LogP contribution in [0.4, 0.5) is 0 Å². The molecule has 1 saturated heterocycles. The van der Waals surface area contributed by atoms with Crippen LogP contribution < -0.4 is 4.74 Å². The van der Waals surface area contributed by atoms with Crippen molar-refractivity contribution in [3.63, 3.8) is 0 Å². The molecule has 1 amide bonds. The molecular formula is C33H38N2O4. The Morgan fingerprint density at radius 2 is 1.64 bits per heavy atom. The lowest BCUT2D eigenvalue weighted by molar-refractivity contribution is -0.139. The molecule has 6 nitrogen and oxygen atoms in total. The lowest BCUT2D eigenvalue weighted by Crippen LogP contribution is -2.32. The zero-order valence-corrected chi connectivity index (χ0v) is 23.5. The highest BCUT2D eigenvalue weighted by molar-refractivity contribution is 6.46. The van der Waals surface area contributed by atoms with E-state index in [1.807, 2.05) is 74.4 Å². The van der Waals surface area contributed by atoms with Gasteiger partial charge in [0.05, 0.1) is 11.6 Å². The number of hydrogen-bond donors (Lipinski definition) is 1. The number of nitrogens with zero attached hydrogens (tertiary/aromatic N) is 2. The van der Waals surface area contributed by atoms with Crippen molar-refractivity contribution in [3.8, 4) is 5.75 Å². The van der Waals surface area contributed by atoms with Gasteiger partial charge in [-0.2, -0.15) is 0 Å². The number of aliphatic hydroxyl groups excluding tert-OH is 1. The standard InChI is InChI=1S/C33H38N2O4/c1-22(2)24-11-13-25(14-12-24)30-29(32(37)33(38)35(30)20-8-19-34(4)5)31(36)26-15-17-28(18-16-26)39-21-27-10-7-6-9-23(27)3/h6-7,9-18,22,30,36H,8,19-21H2,1-5H3. The Hall–Kier alpha value is -3.90. The van der Waals surface area contributed by atoms with Crippen LogP contribution >= 0.6 is 0 Å². The van der Waals surface area contributed by atoms with Crippen LogP contribution in [-0.2, 0) is 16.2 Å². The number of Topliss-reactive ketones (excluding diaryl/α,β-unsaturated/α-hetero) is 1. The quantitative estimate of drug-likeness (QED) is 0.197. The maximum absolute atomic E-state index is 13.3. The summed E-state index contributed by atoms with van der Waals surface area (Å²) in [4.78, 5) is 30.1. The summed E-state index contributed by atoms with van der Waals surface area (Å²) in [5.41, 5.74) is 4.82. The summed E-state index contributed by atoms with van der Waals surface area (Å²) >= 11 is 0. The predicted octanol–water partition coefficient (Wildman–Crippen LogP) is 6.07. The van der Waals surface area contributed by atoms with Crippen LogP contribution in [0.1, 0.15) is 60.0 Å². The monoisotopic (exact) mass is 526 g/mol. The van der Waals surface area contributed by atoms with Gasteiger partial charge < -0.3 is 19.6 Å². The number of carbonyl (C=O) groups is 2. The van der Waals surface area contributed by atoms with Crippen molar-refractivity contribution in [1.29, 1.82) is 0 Å². The molecule has 0 spiro atoms. The lowest BCUT2D eigenvalue weighted by Gasteiger charge is -2.26. The molecule has 0 bridgehead atoms. The van der Waals surface area contributed by atoms with E-state index in [9.17, 15) is 14.7 Å². The molecular weight excluding hydrogens is 488 g/mol. The third-order valence-electron chi connectivity index (χ3n) is 7.25. The number of hydrogen-bond acceptors (Lipinski definition) is 5. The molecule has 3 aromatic rings. The number of rotatable bonds is 10. The van der Waals surface area contributed by atoms with Crippen molar-refractivity contribution in [3.05, 3.63) is 106 Å². The van der Waals surface area contributed by atoms with E-state index in [1.165, 1.54) is 5.56 Å². The minimum absolute atomic E-state index is 0.121. The predicted molar refractivity (Wildman–Crippen MR) is 155 cm³/mol. The van der Waals surface area contributed by atoms with Crippen LogP contribution in [0.2, 0.25) is 0 Å². The molecule has 0 aliphatic carbocycles. The molecule has 3 aromatic carbocycles. The fourth-order valence-electron chi connectivity index (χ4n) is 4.88. The molecule has 4 rings (SSSR count). The number of amides is 1. The highest BCUT2D eigenvalue weighted by Gasteiger charge is 2.45. The third kappa shape index (κ3) is 6.40. The Morgan fingerprint density at radius 3 is 2.26 bits per heavy atom. The first-order valence-corrected chi connectivity index (χ1v) is 13.5. The summed E-state index contributed by atoms with van der Waals surface area (Å²) in [6.07, 6.45) is 0.716. The van der Waals surface area contributed by atoms with Crippen molar-refractivity contribution in [2.75, 3.05) is 27.2 Å². The maximum Gasteiger partial charge on any atom is 0.295 e. The van der Waals surface area contributed by atoms with Gasteiger partial charge in [-0.05, 0) is 86.4 Å². The molecule has 1 N–H and O–H groups in total. The average Bonchev–Trinajstić information content (AvgIpc) is 3.17. The van der Waals surface area contributed by atoms with Crippen molar-refractivity contribution in [1.82, 2.24) is 9.80 Å². The maximum atomic E-state index is 13.3. The van der Waals surface area contributed by atoms with Crippen LogP contribution in [0, 0.1) is 6.92 Å². The van der Waals surface area contributed by atoms with Crippen LogP contribution in [0.3, 0.4) is 0 Å². The van der Waals surface area contributed by atoms with Gasteiger partial charge in [0.25, 0.3) is 11.7 Å². The molecule has 1 fully saturated rings. The van der Waals surface area contributed by atoms with Gasteiger partial charge in [0.1, 0.15) is 18.1 Å². The largest absolute Gasteiger partial charge is 0.507 e. The Kier molecular flexibility index (Phi) is 8.87. The average molecular weight is 527 g/mol. The second kappa shape index (κ2) is 12.3. The number of aliphatic hydroxyl groups is 1. The zero-order valence-electron chi connectivity index (χ0n) is 23.5. The molecule has 1 heterocycles. The van der Waals surface area contributed by atoms with Gasteiger partial charge in [-0.25, -0.2) is 0 Å². The Labute approximate surface area is 231 Å². The molecule has 0 radical (unpaired) electrons. The summed E-state index contributed by atoms with van der Waals surface area (Å²) in [7, 11) is 3.95. The highest BCUT2D eigenvalue weighted by atomic mass is 16.5. The van der Waals surface area contributed by atoms with E-state index >= 15 is 0 Å². The number of carbonyl (C=O) groups excluding carboxylic acids is 2. The molecule has 0 saturated carbocycles. The Balaban J connectivity index is 1.64. The number of benzene rings is 3. The smallest absolute Gasteiger partial charge is 0.295 e. The van der Waals surface area contributed by atoms with Gasteiger partial charge in [-0.1, -0.05) is 62.4 Å². The van der Waals surface area contributed by atoms with Crippen LogP contribution in [0.25, 0.3) is 5.76 Å². The van der Waals surface area contributed by atoms with Gasteiger partial charge >= 0.3 is 0 Å². The van der Waals surface area contributed by atoms with E-state index < -0.39 is 17.7 Å². The van der Waals surface area contributed by atoms with E-state index in [2.05, 4.69) is 13.8 Å². The molecule has 1 aliphatic rings. The fraction of sp³-hybridized carbons (Fsp3) is 0.333. The van der Waals surface area contributed by atoms with Crippen LogP contribution in [0.15, 0.2) is 78.4 Å². The first-order chi connectivity index (χ1) is 18.7. The minimum atomic E-state index is -0.657. The van der Waals surface area contributed by atoms with Gasteiger partial charge in [0.15, 0.2) is 0 Å². The van der Waals surface area contributed by atoms with Gasteiger partial charge in [-0.15, -0.1) is 0 Å². The number of likely N-dealkylation sites (tertiary alicyclic amines) is 1. The molecule has 1 aliphatic heterocycles. The SMILES string of the molecule is Cc1ccccc1COc1ccc(C(O)=C2C(=O)C(=O)N(CCCN(C)C)C2c2ccc(C(C)C)cc2)cc1. The molecule has 1 atom stereocenters. The van der Waals surface area contributed by atoms with Gasteiger partial charge in [0, 0.05) is 12.1 Å². The number of ether oxygens (including phenoxy) is 1. The lowest BCUT2D eigenvalue weighted by atomic mass is 9.93. The Morgan fingerprint density at radius 1 is 0.974 bits per heavy atom. The topological polar surface area (TPSA) is 70.1 Å². The van der Waals surface area contributed by atoms with Crippen molar-refractivity contribution >= 4 is 17.4 Å². The molecule has 204 valence electrons. The molecule has 0 aromatic heterocycles. The second-order valence-electron chi connectivity index (χ2n) is 10.7. The van der Waals surface area contributed by atoms with E-state index in [0.29, 0.717) is 36.8 Å². The van der Waals surface area contributed by atoms with Crippen molar-refractivity contribution in [2.45, 2.75) is 45.8 Å². The summed E-state index contributed by atoms with van der Waals surface area (Å²) in [6.45, 7) is 7.92. The Bertz CT molecular complexity index is 1340. The third-order valence-corrected chi connectivity index (χ3v) is 7.25. The van der Waals surface area contributed by atoms with E-state index in [-0.39, 0.29) is 11.3 Å². The minimum Gasteiger partial charge on any atom is -0.507 e. The fourth-order valence-corrected chi connectivity index (χ4v) is 4.88. The summed E-state index contributed by atoms with van der Waals surface area (Å²) in [6, 6.07) is 22.4. The first-order valence-electron chi connectivity index (χ1n) is 13.5.